The van der Waals surface area contributed by atoms with Crippen molar-refractivity contribution in [3.8, 4) is 11.1 Å². The average molecular weight is 187 g/mol. The highest BCUT2D eigenvalue weighted by atomic mass is 15.5. The highest BCUT2D eigenvalue weighted by Gasteiger charge is 2.04. The maximum Gasteiger partial charge on any atom is 0.0589 e. The van der Waals surface area contributed by atoms with E-state index in [2.05, 4.69) is 30.2 Å². The summed E-state index contributed by atoms with van der Waals surface area (Å²) in [5.74, 6) is 5.51. The smallest absolute Gasteiger partial charge is 0.0589 e. The van der Waals surface area contributed by atoms with Gasteiger partial charge in [-0.3, -0.25) is 0 Å². The highest BCUT2D eigenvalue weighted by molar-refractivity contribution is 5.65. The molecule has 2 aromatic rings. The summed E-state index contributed by atoms with van der Waals surface area (Å²) in [5, 5.41) is 3.96. The van der Waals surface area contributed by atoms with E-state index in [-0.39, 0.29) is 0 Å². The zero-order valence-electron chi connectivity index (χ0n) is 8.14. The summed E-state index contributed by atoms with van der Waals surface area (Å²) >= 11 is 0. The van der Waals surface area contributed by atoms with Crippen LogP contribution in [0.1, 0.15) is 12.5 Å². The van der Waals surface area contributed by atoms with Crippen molar-refractivity contribution in [2.24, 2.45) is 0 Å². The first-order valence-corrected chi connectivity index (χ1v) is 4.69. The Hall–Kier alpha value is -1.77. The molecule has 0 aliphatic rings. The lowest BCUT2D eigenvalue weighted by molar-refractivity contribution is 0.832. The number of rotatable bonds is 2. The maximum absolute atomic E-state index is 5.51. The van der Waals surface area contributed by atoms with E-state index in [0.29, 0.717) is 0 Å². The van der Waals surface area contributed by atoms with Gasteiger partial charge in [-0.1, -0.05) is 31.2 Å². The molecule has 1 aromatic heterocycles. The molecule has 1 heterocycles. The van der Waals surface area contributed by atoms with Gasteiger partial charge in [0.05, 0.1) is 12.4 Å². The summed E-state index contributed by atoms with van der Waals surface area (Å²) in [5.41, 5.74) is 3.61. The van der Waals surface area contributed by atoms with Crippen LogP contribution in [0.5, 0.6) is 0 Å². The minimum absolute atomic E-state index is 1.02. The van der Waals surface area contributed by atoms with E-state index < -0.39 is 0 Å². The Kier molecular flexibility index (Phi) is 2.23. The number of nitrogen functional groups attached to an aromatic ring is 1. The number of hydrogen-bond acceptors (Lipinski definition) is 2. The van der Waals surface area contributed by atoms with Crippen molar-refractivity contribution in [2.75, 3.05) is 5.84 Å². The number of aromatic nitrogens is 2. The van der Waals surface area contributed by atoms with Crippen molar-refractivity contribution in [2.45, 2.75) is 13.3 Å². The van der Waals surface area contributed by atoms with Gasteiger partial charge in [0.15, 0.2) is 0 Å². The number of nitrogens with zero attached hydrogens (tertiary/aromatic N) is 2. The fourth-order valence-electron chi connectivity index (χ4n) is 1.59. The zero-order chi connectivity index (χ0) is 9.97. The predicted molar refractivity (Wildman–Crippen MR) is 57.2 cm³/mol. The van der Waals surface area contributed by atoms with Crippen molar-refractivity contribution < 1.29 is 0 Å². The molecule has 0 radical (unpaired) electrons. The third-order valence-corrected chi connectivity index (χ3v) is 2.31. The molecule has 14 heavy (non-hydrogen) atoms. The third-order valence-electron chi connectivity index (χ3n) is 2.31. The molecule has 0 fully saturated rings. The van der Waals surface area contributed by atoms with Gasteiger partial charge < -0.3 is 5.84 Å². The van der Waals surface area contributed by atoms with Gasteiger partial charge in [-0.15, -0.1) is 0 Å². The molecular weight excluding hydrogens is 174 g/mol. The van der Waals surface area contributed by atoms with Crippen LogP contribution in [0.25, 0.3) is 11.1 Å². The van der Waals surface area contributed by atoms with Gasteiger partial charge in [0.25, 0.3) is 0 Å². The van der Waals surface area contributed by atoms with Crippen LogP contribution < -0.4 is 5.84 Å². The lowest BCUT2D eigenvalue weighted by atomic mass is 10.0. The summed E-state index contributed by atoms with van der Waals surface area (Å²) in [6, 6.07) is 8.30. The Balaban J connectivity index is 2.50. The molecule has 0 amide bonds. The molecule has 0 aliphatic carbocycles. The van der Waals surface area contributed by atoms with Crippen molar-refractivity contribution >= 4 is 0 Å². The lowest BCUT2D eigenvalue weighted by Gasteiger charge is -2.03. The van der Waals surface area contributed by atoms with Crippen LogP contribution >= 0.6 is 0 Å². The van der Waals surface area contributed by atoms with Gasteiger partial charge >= 0.3 is 0 Å². The highest BCUT2D eigenvalue weighted by Crippen LogP contribution is 2.22. The average Bonchev–Trinajstić information content (AvgIpc) is 2.65. The van der Waals surface area contributed by atoms with Gasteiger partial charge in [0, 0.05) is 5.56 Å². The molecule has 3 heteroatoms. The molecule has 0 atom stereocenters. The second kappa shape index (κ2) is 3.54. The number of aryl methyl sites for hydroxylation is 1. The van der Waals surface area contributed by atoms with E-state index in [9.17, 15) is 0 Å². The molecule has 0 aliphatic heterocycles. The van der Waals surface area contributed by atoms with Crippen LogP contribution in [0.2, 0.25) is 0 Å². The second-order valence-electron chi connectivity index (χ2n) is 3.22. The predicted octanol–water partition coefficient (Wildman–Crippen LogP) is 1.83. The Morgan fingerprint density at radius 2 is 2.14 bits per heavy atom. The van der Waals surface area contributed by atoms with E-state index in [1.165, 1.54) is 15.9 Å². The first-order chi connectivity index (χ1) is 6.81. The molecule has 1 aromatic carbocycles. The van der Waals surface area contributed by atoms with E-state index >= 15 is 0 Å². The van der Waals surface area contributed by atoms with Gasteiger partial charge in [-0.25, -0.2) is 0 Å². The van der Waals surface area contributed by atoms with Crippen molar-refractivity contribution in [1.82, 2.24) is 9.89 Å². The van der Waals surface area contributed by atoms with Gasteiger partial charge in [0.1, 0.15) is 0 Å². The second-order valence-corrected chi connectivity index (χ2v) is 3.22. The minimum Gasteiger partial charge on any atom is -0.323 e. The summed E-state index contributed by atoms with van der Waals surface area (Å²) in [7, 11) is 0. The van der Waals surface area contributed by atoms with Crippen LogP contribution in [0.4, 0.5) is 0 Å². The normalized spacial score (nSPS) is 10.4. The number of hydrogen-bond donors (Lipinski definition) is 1. The lowest BCUT2D eigenvalue weighted by Crippen LogP contribution is -2.07. The molecule has 2 N–H and O–H groups in total. The molecule has 0 saturated carbocycles. The molecule has 0 saturated heterocycles. The molecule has 72 valence electrons. The molecule has 0 unspecified atom stereocenters. The SMILES string of the molecule is CCc1ccccc1-c1cnn(N)c1. The van der Waals surface area contributed by atoms with Gasteiger partial charge in [-0.05, 0) is 17.5 Å². The Labute approximate surface area is 83.1 Å². The van der Waals surface area contributed by atoms with E-state index in [1.54, 1.807) is 6.20 Å². The zero-order valence-corrected chi connectivity index (χ0v) is 8.14. The monoisotopic (exact) mass is 187 g/mol. The van der Waals surface area contributed by atoms with Crippen LogP contribution in [-0.4, -0.2) is 9.89 Å². The van der Waals surface area contributed by atoms with E-state index in [4.69, 9.17) is 5.84 Å². The largest absolute Gasteiger partial charge is 0.323 e. The minimum atomic E-state index is 1.02. The molecule has 3 nitrogen and oxygen atoms in total. The molecule has 0 bridgehead atoms. The van der Waals surface area contributed by atoms with Crippen molar-refractivity contribution in [1.29, 1.82) is 0 Å². The van der Waals surface area contributed by atoms with Gasteiger partial charge in [-0.2, -0.15) is 9.89 Å². The maximum atomic E-state index is 5.51. The first-order valence-electron chi connectivity index (χ1n) is 4.69. The number of benzene rings is 1. The van der Waals surface area contributed by atoms with E-state index in [0.717, 1.165) is 12.0 Å². The van der Waals surface area contributed by atoms with Crippen LogP contribution in [-0.2, 0) is 6.42 Å². The molecule has 0 spiro atoms. The summed E-state index contributed by atoms with van der Waals surface area (Å²) in [6.07, 6.45) is 4.63. The number of nitrogens with two attached hydrogens (primary N) is 1. The Morgan fingerprint density at radius 1 is 1.36 bits per heavy atom. The Bertz CT molecular complexity index is 432. The fourth-order valence-corrected chi connectivity index (χ4v) is 1.59. The first kappa shape index (κ1) is 8.81. The third kappa shape index (κ3) is 1.48. The van der Waals surface area contributed by atoms with Crippen LogP contribution in [0.3, 0.4) is 0 Å². The fraction of sp³-hybridized carbons (Fsp3) is 0.182. The van der Waals surface area contributed by atoms with Gasteiger partial charge in [0.2, 0.25) is 0 Å². The Morgan fingerprint density at radius 3 is 2.79 bits per heavy atom. The standard InChI is InChI=1S/C11H13N3/c1-2-9-5-3-4-6-11(9)10-7-13-14(12)8-10/h3-8H,2,12H2,1H3. The summed E-state index contributed by atoms with van der Waals surface area (Å²) < 4.78 is 0. The van der Waals surface area contributed by atoms with Crippen LogP contribution in [0, 0.1) is 0 Å². The van der Waals surface area contributed by atoms with Crippen molar-refractivity contribution in [3.63, 3.8) is 0 Å². The topological polar surface area (TPSA) is 43.8 Å². The molecule has 2 rings (SSSR count). The summed E-state index contributed by atoms with van der Waals surface area (Å²) in [4.78, 5) is 1.34. The van der Waals surface area contributed by atoms with E-state index in [1.807, 2.05) is 12.3 Å². The molecular formula is C11H13N3. The summed E-state index contributed by atoms with van der Waals surface area (Å²) in [6.45, 7) is 2.14. The van der Waals surface area contributed by atoms with Crippen molar-refractivity contribution in [3.05, 3.63) is 42.2 Å². The van der Waals surface area contributed by atoms with Crippen LogP contribution in [0.15, 0.2) is 36.7 Å². The quantitative estimate of drug-likeness (QED) is 0.729.